The van der Waals surface area contributed by atoms with Crippen LogP contribution in [0.5, 0.6) is 0 Å². The predicted octanol–water partition coefficient (Wildman–Crippen LogP) is 2.60. The molecule has 2 fully saturated rings. The van der Waals surface area contributed by atoms with Crippen molar-refractivity contribution >= 4 is 5.95 Å². The Hall–Kier alpha value is -1.29. The molecule has 0 aliphatic carbocycles. The first-order valence-electron chi connectivity index (χ1n) is 8.47. The second-order valence-electron chi connectivity index (χ2n) is 6.35. The molecule has 1 unspecified atom stereocenters. The third kappa shape index (κ3) is 3.15. The Balaban J connectivity index is 1.65. The average molecular weight is 288 g/mol. The van der Waals surface area contributed by atoms with Gasteiger partial charge in [-0.25, -0.2) is 4.98 Å². The fourth-order valence-corrected chi connectivity index (χ4v) is 3.77. The zero-order valence-electron chi connectivity index (χ0n) is 13.2. The molecule has 0 spiro atoms. The average Bonchev–Trinajstić information content (AvgIpc) is 3.17. The summed E-state index contributed by atoms with van der Waals surface area (Å²) in [6.45, 7) is 10.4. The van der Waals surface area contributed by atoms with Crippen LogP contribution in [0.1, 0.15) is 38.3 Å². The molecule has 1 aromatic heterocycles. The largest absolute Gasteiger partial charge is 0.342 e. The molecule has 2 aliphatic heterocycles. The first-order valence-corrected chi connectivity index (χ1v) is 8.47. The van der Waals surface area contributed by atoms with E-state index in [0.29, 0.717) is 0 Å². The van der Waals surface area contributed by atoms with Crippen molar-refractivity contribution in [3.05, 3.63) is 24.5 Å². The van der Waals surface area contributed by atoms with E-state index in [1.165, 1.54) is 37.9 Å². The quantitative estimate of drug-likeness (QED) is 0.846. The first kappa shape index (κ1) is 14.6. The molecule has 1 N–H and O–H groups in total. The Morgan fingerprint density at radius 1 is 1.38 bits per heavy atom. The van der Waals surface area contributed by atoms with Crippen LogP contribution in [0, 0.1) is 5.92 Å². The van der Waals surface area contributed by atoms with Gasteiger partial charge in [-0.2, -0.15) is 0 Å². The first-order chi connectivity index (χ1) is 10.3. The summed E-state index contributed by atoms with van der Waals surface area (Å²) in [6.07, 6.45) is 10.4. The Labute approximate surface area is 128 Å². The van der Waals surface area contributed by atoms with Crippen LogP contribution >= 0.6 is 0 Å². The van der Waals surface area contributed by atoms with Gasteiger partial charge >= 0.3 is 0 Å². The Morgan fingerprint density at radius 2 is 2.19 bits per heavy atom. The van der Waals surface area contributed by atoms with Gasteiger partial charge in [0.25, 0.3) is 0 Å². The number of hydrogen-bond acceptors (Lipinski definition) is 3. The number of anilines is 1. The maximum atomic E-state index is 4.82. The van der Waals surface area contributed by atoms with Crippen molar-refractivity contribution in [1.82, 2.24) is 14.9 Å². The lowest BCUT2D eigenvalue weighted by molar-refractivity contribution is 0.317. The van der Waals surface area contributed by atoms with Gasteiger partial charge in [0.1, 0.15) is 0 Å². The maximum Gasteiger partial charge on any atom is 0.206 e. The third-order valence-corrected chi connectivity index (χ3v) is 4.98. The molecule has 2 saturated heterocycles. The number of nitrogens with one attached hydrogen (secondary N) is 1. The SMILES string of the molecule is C=CCn1cc(CC)nc1N1CCC(C2CCCN2)CC1. The van der Waals surface area contributed by atoms with Gasteiger partial charge in [0.05, 0.1) is 5.69 Å². The van der Waals surface area contributed by atoms with Crippen LogP contribution < -0.4 is 10.2 Å². The molecule has 2 aliphatic rings. The van der Waals surface area contributed by atoms with Gasteiger partial charge in [-0.3, -0.25) is 0 Å². The third-order valence-electron chi connectivity index (χ3n) is 4.98. The summed E-state index contributed by atoms with van der Waals surface area (Å²) in [4.78, 5) is 7.29. The van der Waals surface area contributed by atoms with Crippen molar-refractivity contribution in [3.8, 4) is 0 Å². The summed E-state index contributed by atoms with van der Waals surface area (Å²) in [5.74, 6) is 2.00. The molecule has 0 saturated carbocycles. The number of allylic oxidation sites excluding steroid dienone is 1. The fourth-order valence-electron chi connectivity index (χ4n) is 3.77. The Kier molecular flexibility index (Phi) is 4.63. The second kappa shape index (κ2) is 6.65. The van der Waals surface area contributed by atoms with Gasteiger partial charge in [-0.15, -0.1) is 6.58 Å². The summed E-state index contributed by atoms with van der Waals surface area (Å²) in [5, 5.41) is 3.67. The molecule has 1 aromatic rings. The zero-order valence-corrected chi connectivity index (χ0v) is 13.2. The zero-order chi connectivity index (χ0) is 14.7. The van der Waals surface area contributed by atoms with Gasteiger partial charge in [0.2, 0.25) is 5.95 Å². The number of aromatic nitrogens is 2. The second-order valence-corrected chi connectivity index (χ2v) is 6.35. The number of rotatable bonds is 5. The summed E-state index contributed by atoms with van der Waals surface area (Å²) in [6, 6.07) is 0.770. The molecule has 4 nitrogen and oxygen atoms in total. The Morgan fingerprint density at radius 3 is 2.81 bits per heavy atom. The highest BCUT2D eigenvalue weighted by Crippen LogP contribution is 2.28. The summed E-state index contributed by atoms with van der Waals surface area (Å²) < 4.78 is 2.25. The molecule has 0 aromatic carbocycles. The van der Waals surface area contributed by atoms with Crippen LogP contribution in [0.3, 0.4) is 0 Å². The van der Waals surface area contributed by atoms with Crippen molar-refractivity contribution in [2.75, 3.05) is 24.5 Å². The van der Waals surface area contributed by atoms with Gasteiger partial charge in [0, 0.05) is 31.9 Å². The van der Waals surface area contributed by atoms with Crippen molar-refractivity contribution in [1.29, 1.82) is 0 Å². The lowest BCUT2D eigenvalue weighted by atomic mass is 9.89. The van der Waals surface area contributed by atoms with E-state index in [9.17, 15) is 0 Å². The van der Waals surface area contributed by atoms with Crippen molar-refractivity contribution < 1.29 is 0 Å². The van der Waals surface area contributed by atoms with Gasteiger partial charge in [-0.1, -0.05) is 13.0 Å². The van der Waals surface area contributed by atoms with Crippen molar-refractivity contribution in [2.24, 2.45) is 5.92 Å². The Bertz CT molecular complexity index is 465. The predicted molar refractivity (Wildman–Crippen MR) is 87.8 cm³/mol. The van der Waals surface area contributed by atoms with Crippen LogP contribution in [0.15, 0.2) is 18.9 Å². The molecule has 4 heteroatoms. The monoisotopic (exact) mass is 288 g/mol. The number of imidazole rings is 1. The molecular weight excluding hydrogens is 260 g/mol. The lowest BCUT2D eigenvalue weighted by Gasteiger charge is -2.35. The van der Waals surface area contributed by atoms with E-state index in [0.717, 1.165) is 44.0 Å². The summed E-state index contributed by atoms with van der Waals surface area (Å²) in [7, 11) is 0. The van der Waals surface area contributed by atoms with Crippen LogP contribution in [-0.2, 0) is 13.0 Å². The van der Waals surface area contributed by atoms with Gasteiger partial charge in [0.15, 0.2) is 0 Å². The number of aryl methyl sites for hydroxylation is 1. The van der Waals surface area contributed by atoms with Gasteiger partial charge < -0.3 is 14.8 Å². The highest BCUT2D eigenvalue weighted by atomic mass is 15.3. The number of hydrogen-bond donors (Lipinski definition) is 1. The lowest BCUT2D eigenvalue weighted by Crippen LogP contribution is -2.41. The maximum absolute atomic E-state index is 4.82. The highest BCUT2D eigenvalue weighted by Gasteiger charge is 2.29. The molecule has 0 radical (unpaired) electrons. The summed E-state index contributed by atoms with van der Waals surface area (Å²) in [5.41, 5.74) is 1.19. The van der Waals surface area contributed by atoms with Crippen LogP contribution in [-0.4, -0.2) is 35.2 Å². The van der Waals surface area contributed by atoms with E-state index in [2.05, 4.69) is 34.5 Å². The minimum absolute atomic E-state index is 0.770. The van der Waals surface area contributed by atoms with E-state index >= 15 is 0 Å². The van der Waals surface area contributed by atoms with E-state index in [1.807, 2.05) is 6.08 Å². The summed E-state index contributed by atoms with van der Waals surface area (Å²) >= 11 is 0. The molecule has 3 heterocycles. The molecule has 3 rings (SSSR count). The van der Waals surface area contributed by atoms with Crippen LogP contribution in [0.4, 0.5) is 5.95 Å². The standard InChI is InChI=1S/C17H28N4/c1-3-10-21-13-15(4-2)19-17(21)20-11-7-14(8-12-20)16-6-5-9-18-16/h3,13-14,16,18H,1,4-12H2,2H3. The molecule has 116 valence electrons. The van der Waals surface area contributed by atoms with E-state index in [-0.39, 0.29) is 0 Å². The molecule has 21 heavy (non-hydrogen) atoms. The van der Waals surface area contributed by atoms with E-state index in [4.69, 9.17) is 4.98 Å². The number of piperidine rings is 1. The minimum atomic E-state index is 0.770. The fraction of sp³-hybridized carbons (Fsp3) is 0.706. The number of nitrogens with zero attached hydrogens (tertiary/aromatic N) is 3. The van der Waals surface area contributed by atoms with Gasteiger partial charge in [-0.05, 0) is 44.6 Å². The smallest absolute Gasteiger partial charge is 0.206 e. The highest BCUT2D eigenvalue weighted by molar-refractivity contribution is 5.34. The van der Waals surface area contributed by atoms with E-state index in [1.54, 1.807) is 0 Å². The molecule has 0 amide bonds. The van der Waals surface area contributed by atoms with E-state index < -0.39 is 0 Å². The normalized spacial score (nSPS) is 23.7. The minimum Gasteiger partial charge on any atom is -0.342 e. The van der Waals surface area contributed by atoms with Crippen molar-refractivity contribution in [3.63, 3.8) is 0 Å². The molecule has 0 bridgehead atoms. The topological polar surface area (TPSA) is 33.1 Å². The molecular formula is C17H28N4. The molecule has 1 atom stereocenters. The van der Waals surface area contributed by atoms with Crippen molar-refractivity contribution in [2.45, 2.75) is 51.6 Å². The van der Waals surface area contributed by atoms with Crippen LogP contribution in [0.25, 0.3) is 0 Å². The van der Waals surface area contributed by atoms with Crippen LogP contribution in [0.2, 0.25) is 0 Å².